The molecule has 34 heavy (non-hydrogen) atoms. The van der Waals surface area contributed by atoms with Gasteiger partial charge in [0.05, 0.1) is 10.4 Å². The van der Waals surface area contributed by atoms with Crippen LogP contribution in [0.25, 0.3) is 10.9 Å². The van der Waals surface area contributed by atoms with Crippen molar-refractivity contribution < 1.29 is 4.79 Å². The van der Waals surface area contributed by atoms with E-state index in [1.807, 2.05) is 47.5 Å². The number of aryl methyl sites for hydroxylation is 1. The minimum Gasteiger partial charge on any atom is -0.336 e. The number of carbonyl (C=O) groups is 1. The van der Waals surface area contributed by atoms with E-state index in [0.29, 0.717) is 0 Å². The van der Waals surface area contributed by atoms with Gasteiger partial charge in [-0.2, -0.15) is 0 Å². The highest BCUT2D eigenvalue weighted by molar-refractivity contribution is 8.00. The number of para-hydroxylation sites is 1. The lowest BCUT2D eigenvalue weighted by atomic mass is 10.1. The van der Waals surface area contributed by atoms with Gasteiger partial charge >= 0.3 is 0 Å². The summed E-state index contributed by atoms with van der Waals surface area (Å²) in [6.45, 7) is 6.41. The van der Waals surface area contributed by atoms with Crippen LogP contribution in [0.2, 0.25) is 0 Å². The van der Waals surface area contributed by atoms with Crippen molar-refractivity contribution in [3.05, 3.63) is 102 Å². The SMILES string of the molecule is Cc1ccccc1CN1CCN(C(=O)c2ccc(NSc3cccc4cccnc34)cc2)CC1. The fourth-order valence-electron chi connectivity index (χ4n) is 4.27. The summed E-state index contributed by atoms with van der Waals surface area (Å²) in [5.41, 5.74) is 5.36. The Labute approximate surface area is 204 Å². The zero-order valence-corrected chi connectivity index (χ0v) is 20.1. The van der Waals surface area contributed by atoms with Crippen molar-refractivity contribution in [3.8, 4) is 0 Å². The van der Waals surface area contributed by atoms with Crippen molar-refractivity contribution >= 4 is 34.4 Å². The maximum Gasteiger partial charge on any atom is 0.253 e. The van der Waals surface area contributed by atoms with E-state index in [1.54, 1.807) is 0 Å². The minimum atomic E-state index is 0.105. The fraction of sp³-hybridized carbons (Fsp3) is 0.214. The van der Waals surface area contributed by atoms with Crippen LogP contribution in [0.5, 0.6) is 0 Å². The van der Waals surface area contributed by atoms with Crippen LogP contribution in [0.4, 0.5) is 5.69 Å². The topological polar surface area (TPSA) is 48.5 Å². The average molecular weight is 469 g/mol. The van der Waals surface area contributed by atoms with Gasteiger partial charge in [-0.05, 0) is 66.4 Å². The van der Waals surface area contributed by atoms with Gasteiger partial charge in [0.1, 0.15) is 0 Å². The van der Waals surface area contributed by atoms with Gasteiger partial charge < -0.3 is 9.62 Å². The molecule has 0 saturated carbocycles. The first-order valence-corrected chi connectivity index (χ1v) is 12.4. The molecule has 0 radical (unpaired) electrons. The summed E-state index contributed by atoms with van der Waals surface area (Å²) < 4.78 is 3.38. The third-order valence-corrected chi connectivity index (χ3v) is 7.21. The van der Waals surface area contributed by atoms with Gasteiger partial charge in [-0.25, -0.2) is 0 Å². The van der Waals surface area contributed by atoms with E-state index in [9.17, 15) is 4.79 Å². The van der Waals surface area contributed by atoms with Gasteiger partial charge in [0, 0.05) is 55.6 Å². The third-order valence-electron chi connectivity index (χ3n) is 6.32. The number of benzene rings is 3. The molecule has 1 aliphatic rings. The Morgan fingerprint density at radius 2 is 1.68 bits per heavy atom. The van der Waals surface area contributed by atoms with Crippen LogP contribution >= 0.6 is 11.9 Å². The molecule has 172 valence electrons. The van der Waals surface area contributed by atoms with Crippen LogP contribution < -0.4 is 4.72 Å². The van der Waals surface area contributed by atoms with Crippen molar-refractivity contribution in [1.29, 1.82) is 0 Å². The van der Waals surface area contributed by atoms with Crippen LogP contribution in [-0.2, 0) is 6.54 Å². The molecule has 0 unspecified atom stereocenters. The molecule has 4 aromatic rings. The highest BCUT2D eigenvalue weighted by atomic mass is 32.2. The van der Waals surface area contributed by atoms with Crippen LogP contribution in [0.3, 0.4) is 0 Å². The van der Waals surface area contributed by atoms with Crippen molar-refractivity contribution in [2.75, 3.05) is 30.9 Å². The van der Waals surface area contributed by atoms with Crippen molar-refractivity contribution in [2.24, 2.45) is 0 Å². The van der Waals surface area contributed by atoms with E-state index < -0.39 is 0 Å². The zero-order chi connectivity index (χ0) is 23.3. The van der Waals surface area contributed by atoms with E-state index in [2.05, 4.69) is 64.0 Å². The summed E-state index contributed by atoms with van der Waals surface area (Å²) in [4.78, 5) is 23.0. The fourth-order valence-corrected chi connectivity index (χ4v) is 5.05. The molecule has 0 aliphatic carbocycles. The molecule has 1 aromatic heterocycles. The van der Waals surface area contributed by atoms with E-state index in [-0.39, 0.29) is 5.91 Å². The number of rotatable bonds is 6. The lowest BCUT2D eigenvalue weighted by Gasteiger charge is -2.35. The molecule has 0 spiro atoms. The second-order valence-electron chi connectivity index (χ2n) is 8.61. The lowest BCUT2D eigenvalue weighted by Crippen LogP contribution is -2.48. The van der Waals surface area contributed by atoms with Gasteiger partial charge in [0.25, 0.3) is 5.91 Å². The molecule has 0 atom stereocenters. The van der Waals surface area contributed by atoms with Crippen LogP contribution in [0, 0.1) is 6.92 Å². The van der Waals surface area contributed by atoms with E-state index in [0.717, 1.165) is 59.8 Å². The Balaban J connectivity index is 1.15. The standard InChI is InChI=1S/C28H28N4OS/c1-21-6-2-3-7-24(21)20-31-16-18-32(19-17-31)28(33)23-11-13-25(14-12-23)30-34-26-10-4-8-22-9-5-15-29-27(22)26/h2-15,30H,16-20H2,1H3. The average Bonchev–Trinajstić information content (AvgIpc) is 2.89. The smallest absolute Gasteiger partial charge is 0.253 e. The second kappa shape index (κ2) is 10.3. The maximum atomic E-state index is 13.0. The molecule has 5 rings (SSSR count). The lowest BCUT2D eigenvalue weighted by molar-refractivity contribution is 0.0628. The monoisotopic (exact) mass is 468 g/mol. The first-order valence-electron chi connectivity index (χ1n) is 11.6. The molecule has 6 heteroatoms. The van der Waals surface area contributed by atoms with Crippen LogP contribution in [0.15, 0.2) is 90.0 Å². The van der Waals surface area contributed by atoms with E-state index >= 15 is 0 Å². The second-order valence-corrected chi connectivity index (χ2v) is 9.46. The van der Waals surface area contributed by atoms with Crippen LogP contribution in [0.1, 0.15) is 21.5 Å². The first kappa shape index (κ1) is 22.4. The quantitative estimate of drug-likeness (QED) is 0.372. The summed E-state index contributed by atoms with van der Waals surface area (Å²) >= 11 is 1.53. The number of nitrogens with zero attached hydrogens (tertiary/aromatic N) is 3. The summed E-state index contributed by atoms with van der Waals surface area (Å²) in [5.74, 6) is 0.105. The van der Waals surface area contributed by atoms with Crippen molar-refractivity contribution in [2.45, 2.75) is 18.4 Å². The summed E-state index contributed by atoms with van der Waals surface area (Å²) in [6, 6.07) is 26.4. The summed E-state index contributed by atoms with van der Waals surface area (Å²) in [6.07, 6.45) is 1.81. The molecule has 1 saturated heterocycles. The molecule has 2 heterocycles. The Kier molecular flexibility index (Phi) is 6.79. The maximum absolute atomic E-state index is 13.0. The molecule has 1 aliphatic heterocycles. The highest BCUT2D eigenvalue weighted by Gasteiger charge is 2.22. The predicted octanol–water partition coefficient (Wildman–Crippen LogP) is 5.62. The molecular weight excluding hydrogens is 440 g/mol. The van der Waals surface area contributed by atoms with E-state index in [1.165, 1.54) is 23.1 Å². The van der Waals surface area contributed by atoms with Gasteiger partial charge in [0.2, 0.25) is 0 Å². The number of piperazine rings is 1. The van der Waals surface area contributed by atoms with Gasteiger partial charge in [-0.1, -0.05) is 42.5 Å². The van der Waals surface area contributed by atoms with Crippen molar-refractivity contribution in [1.82, 2.24) is 14.8 Å². The largest absolute Gasteiger partial charge is 0.336 e. The highest BCUT2D eigenvalue weighted by Crippen LogP contribution is 2.27. The Hall–Kier alpha value is -3.35. The molecule has 1 fully saturated rings. The van der Waals surface area contributed by atoms with Crippen molar-refractivity contribution in [3.63, 3.8) is 0 Å². The number of anilines is 1. The van der Waals surface area contributed by atoms with Gasteiger partial charge in [0.15, 0.2) is 0 Å². The number of amides is 1. The van der Waals surface area contributed by atoms with Gasteiger partial charge in [-0.3, -0.25) is 14.7 Å². The summed E-state index contributed by atoms with van der Waals surface area (Å²) in [5, 5.41) is 1.12. The molecule has 1 N–H and O–H groups in total. The van der Waals surface area contributed by atoms with Gasteiger partial charge in [-0.15, -0.1) is 0 Å². The van der Waals surface area contributed by atoms with Crippen LogP contribution in [-0.4, -0.2) is 46.9 Å². The molecular formula is C28H28N4OS. The Morgan fingerprint density at radius 3 is 2.47 bits per heavy atom. The molecule has 5 nitrogen and oxygen atoms in total. The first-order chi connectivity index (χ1) is 16.7. The zero-order valence-electron chi connectivity index (χ0n) is 19.3. The Bertz CT molecular complexity index is 1280. The Morgan fingerprint density at radius 1 is 0.912 bits per heavy atom. The number of pyridine rings is 1. The number of nitrogens with one attached hydrogen (secondary N) is 1. The van der Waals surface area contributed by atoms with E-state index in [4.69, 9.17) is 0 Å². The summed E-state index contributed by atoms with van der Waals surface area (Å²) in [7, 11) is 0. The molecule has 0 bridgehead atoms. The number of hydrogen-bond acceptors (Lipinski definition) is 5. The number of fused-ring (bicyclic) bond motifs is 1. The minimum absolute atomic E-state index is 0.105. The third kappa shape index (κ3) is 5.08. The number of carbonyl (C=O) groups excluding carboxylic acids is 1. The normalized spacial score (nSPS) is 14.3. The number of aromatic nitrogens is 1. The molecule has 1 amide bonds. The number of hydrogen-bond donors (Lipinski definition) is 1. The predicted molar refractivity (Wildman–Crippen MR) is 140 cm³/mol. The molecule has 3 aromatic carbocycles.